The minimum atomic E-state index is -0.485. The Bertz CT molecular complexity index is 380. The Kier molecular flexibility index (Phi) is 10.0. The van der Waals surface area contributed by atoms with Crippen LogP contribution in [0.25, 0.3) is 0 Å². The topological polar surface area (TPSA) is 52.6 Å². The molecule has 20 heavy (non-hydrogen) atoms. The normalized spacial score (nSPS) is 10.3. The predicted octanol–water partition coefficient (Wildman–Crippen LogP) is 3.34. The second kappa shape index (κ2) is 11.0. The summed E-state index contributed by atoms with van der Waals surface area (Å²) in [5, 5.41) is 0. The lowest BCUT2D eigenvalue weighted by Gasteiger charge is -2.04. The van der Waals surface area contributed by atoms with Gasteiger partial charge in [-0.05, 0) is 19.8 Å². The van der Waals surface area contributed by atoms with E-state index in [0.717, 1.165) is 31.3 Å². The highest BCUT2D eigenvalue weighted by Gasteiger charge is 2.03. The van der Waals surface area contributed by atoms with Crippen LogP contribution in [-0.2, 0) is 19.1 Å². The third kappa shape index (κ3) is 10.1. The second-order valence-corrected chi connectivity index (χ2v) is 4.53. The molecule has 0 rings (SSSR count). The molecule has 4 heteroatoms. The fraction of sp³-hybridized carbons (Fsp3) is 0.500. The molecule has 0 radical (unpaired) electrons. The predicted molar refractivity (Wildman–Crippen MR) is 79.2 cm³/mol. The molecule has 0 bridgehead atoms. The Balaban J connectivity index is 3.74. The van der Waals surface area contributed by atoms with Gasteiger partial charge in [0, 0.05) is 11.6 Å². The van der Waals surface area contributed by atoms with Crippen molar-refractivity contribution < 1.29 is 19.1 Å². The van der Waals surface area contributed by atoms with E-state index in [1.165, 1.54) is 6.08 Å². The molecule has 0 unspecified atom stereocenters. The molecule has 4 nitrogen and oxygen atoms in total. The standard InChI is InChI=1S/C16H24O4/c1-5-6-7-8-14(4)9-10-15(17)19-11-12-20-16(18)13(2)3/h9-10H,2,4-8,11-12H2,1,3H3/b10-9+. The molecule has 0 amide bonds. The smallest absolute Gasteiger partial charge is 0.333 e. The van der Waals surface area contributed by atoms with Crippen molar-refractivity contribution in [2.24, 2.45) is 0 Å². The number of allylic oxidation sites excluding steroid dienone is 2. The van der Waals surface area contributed by atoms with Crippen molar-refractivity contribution in [1.29, 1.82) is 0 Å². The molecule has 0 aromatic rings. The molecule has 0 saturated carbocycles. The van der Waals surface area contributed by atoms with E-state index >= 15 is 0 Å². The van der Waals surface area contributed by atoms with Gasteiger partial charge in [-0.25, -0.2) is 9.59 Å². The van der Waals surface area contributed by atoms with Crippen LogP contribution in [-0.4, -0.2) is 25.2 Å². The molecule has 0 aliphatic heterocycles. The summed E-state index contributed by atoms with van der Waals surface area (Å²) in [6.45, 7) is 11.1. The Labute approximate surface area is 121 Å². The van der Waals surface area contributed by atoms with Crippen LogP contribution in [0.3, 0.4) is 0 Å². The number of rotatable bonds is 10. The Morgan fingerprint density at radius 1 is 1.05 bits per heavy atom. The van der Waals surface area contributed by atoms with Gasteiger partial charge < -0.3 is 9.47 Å². The van der Waals surface area contributed by atoms with Crippen LogP contribution in [0, 0.1) is 0 Å². The average molecular weight is 280 g/mol. The first-order valence-corrected chi connectivity index (χ1v) is 6.82. The van der Waals surface area contributed by atoms with Crippen LogP contribution in [0.1, 0.15) is 39.5 Å². The first kappa shape index (κ1) is 18.2. The molecular formula is C16H24O4. The van der Waals surface area contributed by atoms with Gasteiger partial charge in [-0.3, -0.25) is 0 Å². The molecule has 0 atom stereocenters. The number of hydrogen-bond acceptors (Lipinski definition) is 4. The van der Waals surface area contributed by atoms with Gasteiger partial charge >= 0.3 is 11.9 Å². The highest BCUT2D eigenvalue weighted by Crippen LogP contribution is 2.08. The van der Waals surface area contributed by atoms with Crippen molar-refractivity contribution >= 4 is 11.9 Å². The first-order chi connectivity index (χ1) is 9.47. The maximum absolute atomic E-state index is 11.3. The lowest BCUT2D eigenvalue weighted by molar-refractivity contribution is -0.146. The van der Waals surface area contributed by atoms with Gasteiger partial charge in [-0.15, -0.1) is 0 Å². The fourth-order valence-corrected chi connectivity index (χ4v) is 1.32. The monoisotopic (exact) mass is 280 g/mol. The van der Waals surface area contributed by atoms with Gasteiger partial charge in [0.1, 0.15) is 13.2 Å². The van der Waals surface area contributed by atoms with Crippen LogP contribution < -0.4 is 0 Å². The van der Waals surface area contributed by atoms with E-state index < -0.39 is 11.9 Å². The molecule has 0 aromatic heterocycles. The number of unbranched alkanes of at least 4 members (excludes halogenated alkanes) is 2. The summed E-state index contributed by atoms with van der Waals surface area (Å²) in [6.07, 6.45) is 7.28. The van der Waals surface area contributed by atoms with Crippen LogP contribution in [0.15, 0.2) is 36.5 Å². The summed E-state index contributed by atoms with van der Waals surface area (Å²) < 4.78 is 9.66. The minimum Gasteiger partial charge on any atom is -0.459 e. The van der Waals surface area contributed by atoms with Crippen LogP contribution >= 0.6 is 0 Å². The van der Waals surface area contributed by atoms with Gasteiger partial charge in [-0.2, -0.15) is 0 Å². The molecular weight excluding hydrogens is 256 g/mol. The zero-order chi connectivity index (χ0) is 15.4. The number of carbonyl (C=O) groups excluding carboxylic acids is 2. The molecule has 0 aliphatic carbocycles. The molecule has 0 spiro atoms. The van der Waals surface area contributed by atoms with Gasteiger partial charge in [0.25, 0.3) is 0 Å². The van der Waals surface area contributed by atoms with Crippen molar-refractivity contribution in [3.63, 3.8) is 0 Å². The quantitative estimate of drug-likeness (QED) is 0.266. The summed E-state index contributed by atoms with van der Waals surface area (Å²) >= 11 is 0. The summed E-state index contributed by atoms with van der Waals surface area (Å²) in [7, 11) is 0. The zero-order valence-corrected chi connectivity index (χ0v) is 12.4. The molecule has 0 N–H and O–H groups in total. The largest absolute Gasteiger partial charge is 0.459 e. The number of carbonyl (C=O) groups is 2. The van der Waals surface area contributed by atoms with Crippen LogP contribution in [0.2, 0.25) is 0 Å². The molecule has 0 heterocycles. The highest BCUT2D eigenvalue weighted by atomic mass is 16.6. The SMILES string of the molecule is C=C(/C=C/C(=O)OCCOC(=O)C(=C)C)CCCCC. The van der Waals surface area contributed by atoms with Crippen molar-refractivity contribution in [3.05, 3.63) is 36.5 Å². The van der Waals surface area contributed by atoms with Gasteiger partial charge in [0.05, 0.1) is 0 Å². The van der Waals surface area contributed by atoms with E-state index in [9.17, 15) is 9.59 Å². The Morgan fingerprint density at radius 3 is 2.30 bits per heavy atom. The summed E-state index contributed by atoms with van der Waals surface area (Å²) in [5.74, 6) is -0.950. The van der Waals surface area contributed by atoms with Gasteiger partial charge in [-0.1, -0.05) is 44.6 Å². The number of esters is 2. The highest BCUT2D eigenvalue weighted by molar-refractivity contribution is 5.87. The van der Waals surface area contributed by atoms with E-state index in [2.05, 4.69) is 20.1 Å². The number of hydrogen-bond donors (Lipinski definition) is 0. The fourth-order valence-electron chi connectivity index (χ4n) is 1.32. The van der Waals surface area contributed by atoms with E-state index in [1.807, 2.05) is 0 Å². The van der Waals surface area contributed by atoms with Gasteiger partial charge in [0.15, 0.2) is 0 Å². The first-order valence-electron chi connectivity index (χ1n) is 6.82. The van der Waals surface area contributed by atoms with Crippen molar-refractivity contribution in [2.75, 3.05) is 13.2 Å². The van der Waals surface area contributed by atoms with E-state index in [4.69, 9.17) is 9.47 Å². The summed E-state index contributed by atoms with van der Waals surface area (Å²) in [4.78, 5) is 22.4. The van der Waals surface area contributed by atoms with Crippen LogP contribution in [0.5, 0.6) is 0 Å². The molecule has 0 aromatic carbocycles. The molecule has 0 fully saturated rings. The second-order valence-electron chi connectivity index (χ2n) is 4.53. The van der Waals surface area contributed by atoms with E-state index in [1.54, 1.807) is 13.0 Å². The zero-order valence-electron chi connectivity index (χ0n) is 12.4. The average Bonchev–Trinajstić information content (AvgIpc) is 2.41. The Morgan fingerprint density at radius 2 is 1.70 bits per heavy atom. The van der Waals surface area contributed by atoms with Gasteiger partial charge in [0.2, 0.25) is 0 Å². The molecule has 112 valence electrons. The maximum Gasteiger partial charge on any atom is 0.333 e. The van der Waals surface area contributed by atoms with Crippen LogP contribution in [0.4, 0.5) is 0 Å². The molecule has 0 aliphatic rings. The maximum atomic E-state index is 11.3. The van der Waals surface area contributed by atoms with Crippen molar-refractivity contribution in [2.45, 2.75) is 39.5 Å². The lowest BCUT2D eigenvalue weighted by atomic mass is 10.1. The minimum absolute atomic E-state index is 0.0305. The van der Waals surface area contributed by atoms with E-state index in [0.29, 0.717) is 5.57 Å². The third-order valence-electron chi connectivity index (χ3n) is 2.47. The third-order valence-corrected chi connectivity index (χ3v) is 2.47. The lowest BCUT2D eigenvalue weighted by Crippen LogP contribution is -2.13. The summed E-state index contributed by atoms with van der Waals surface area (Å²) in [5.41, 5.74) is 1.23. The number of ether oxygens (including phenoxy) is 2. The van der Waals surface area contributed by atoms with E-state index in [-0.39, 0.29) is 13.2 Å². The Hall–Kier alpha value is -1.84. The van der Waals surface area contributed by atoms with Crippen molar-refractivity contribution in [1.82, 2.24) is 0 Å². The molecule has 0 saturated heterocycles. The van der Waals surface area contributed by atoms with Crippen molar-refractivity contribution in [3.8, 4) is 0 Å². The summed E-state index contributed by atoms with van der Waals surface area (Å²) in [6, 6.07) is 0.